The third-order valence-corrected chi connectivity index (χ3v) is 3.21. The molecule has 0 bridgehead atoms. The Hall–Kier alpha value is -1.64. The number of methoxy groups -OCH3 is 1. The minimum absolute atomic E-state index is 0.107. The third kappa shape index (κ3) is 1.52. The van der Waals surface area contributed by atoms with E-state index in [-0.39, 0.29) is 5.78 Å². The number of carbonyl (C=O) groups is 2. The first-order chi connectivity index (χ1) is 7.54. The normalized spacial score (nSPS) is 18.4. The van der Waals surface area contributed by atoms with Gasteiger partial charge in [0.05, 0.1) is 7.11 Å². The van der Waals surface area contributed by atoms with E-state index in [1.165, 1.54) is 7.11 Å². The van der Waals surface area contributed by atoms with Crippen LogP contribution in [0.15, 0.2) is 12.1 Å². The van der Waals surface area contributed by atoms with Crippen molar-refractivity contribution in [2.45, 2.75) is 20.3 Å². The van der Waals surface area contributed by atoms with Crippen LogP contribution in [-0.2, 0) is 16.0 Å². The number of aryl methyl sites for hydroxylation is 2. The molecule has 1 aromatic rings. The first-order valence-corrected chi connectivity index (χ1v) is 5.26. The summed E-state index contributed by atoms with van der Waals surface area (Å²) in [6, 6.07) is 3.86. The maximum Gasteiger partial charge on any atom is 0.316 e. The van der Waals surface area contributed by atoms with Gasteiger partial charge in [0.15, 0.2) is 5.78 Å². The lowest BCUT2D eigenvalue weighted by Crippen LogP contribution is -2.21. The molecule has 0 amide bonds. The Bertz CT molecular complexity index is 474. The number of rotatable bonds is 1. The summed E-state index contributed by atoms with van der Waals surface area (Å²) < 4.78 is 4.64. The Labute approximate surface area is 94.4 Å². The quantitative estimate of drug-likeness (QED) is 0.533. The molecule has 0 saturated heterocycles. The van der Waals surface area contributed by atoms with Crippen LogP contribution in [0.3, 0.4) is 0 Å². The molecule has 0 spiro atoms. The number of benzene rings is 1. The van der Waals surface area contributed by atoms with Gasteiger partial charge in [0.25, 0.3) is 0 Å². The van der Waals surface area contributed by atoms with E-state index < -0.39 is 11.9 Å². The van der Waals surface area contributed by atoms with Gasteiger partial charge in [-0.1, -0.05) is 6.07 Å². The fourth-order valence-corrected chi connectivity index (χ4v) is 2.11. The lowest BCUT2D eigenvalue weighted by atomic mass is 10.0. The highest BCUT2D eigenvalue weighted by molar-refractivity contribution is 6.12. The van der Waals surface area contributed by atoms with E-state index in [9.17, 15) is 9.59 Å². The van der Waals surface area contributed by atoms with Crippen molar-refractivity contribution in [2.75, 3.05) is 7.11 Å². The van der Waals surface area contributed by atoms with Crippen molar-refractivity contribution in [1.82, 2.24) is 0 Å². The molecule has 1 aliphatic rings. The van der Waals surface area contributed by atoms with Gasteiger partial charge in [-0.15, -0.1) is 0 Å². The van der Waals surface area contributed by atoms with Gasteiger partial charge in [-0.2, -0.15) is 0 Å². The molecule has 1 unspecified atom stereocenters. The maximum absolute atomic E-state index is 12.0. The second kappa shape index (κ2) is 3.74. The standard InChI is InChI=1S/C13H14O3/c1-7-4-9-6-11(13(15)16-3)12(14)10(9)5-8(7)2/h4-5,11H,6H2,1-3H3. The van der Waals surface area contributed by atoms with Crippen LogP contribution >= 0.6 is 0 Å². The molecule has 1 aliphatic carbocycles. The van der Waals surface area contributed by atoms with Crippen molar-refractivity contribution in [2.24, 2.45) is 5.92 Å². The van der Waals surface area contributed by atoms with Crippen molar-refractivity contribution in [1.29, 1.82) is 0 Å². The molecule has 0 aromatic heterocycles. The van der Waals surface area contributed by atoms with Gasteiger partial charge in [0.1, 0.15) is 5.92 Å². The number of Topliss-reactive ketones (excluding diaryl/α,β-unsaturated/α-hetero) is 1. The zero-order valence-corrected chi connectivity index (χ0v) is 9.66. The molecular formula is C13H14O3. The number of ether oxygens (including phenoxy) is 1. The van der Waals surface area contributed by atoms with Gasteiger partial charge in [0, 0.05) is 5.56 Å². The Morgan fingerprint density at radius 3 is 2.56 bits per heavy atom. The molecule has 84 valence electrons. The van der Waals surface area contributed by atoms with E-state index in [0.29, 0.717) is 12.0 Å². The molecule has 16 heavy (non-hydrogen) atoms. The van der Waals surface area contributed by atoms with Crippen LogP contribution in [-0.4, -0.2) is 18.9 Å². The first-order valence-electron chi connectivity index (χ1n) is 5.26. The third-order valence-electron chi connectivity index (χ3n) is 3.21. The summed E-state index contributed by atoms with van der Waals surface area (Å²) in [5.74, 6) is -1.18. The van der Waals surface area contributed by atoms with Crippen LogP contribution in [0, 0.1) is 19.8 Å². The predicted molar refractivity (Wildman–Crippen MR) is 59.5 cm³/mol. The topological polar surface area (TPSA) is 43.4 Å². The monoisotopic (exact) mass is 218 g/mol. The van der Waals surface area contributed by atoms with Gasteiger partial charge in [-0.3, -0.25) is 9.59 Å². The lowest BCUT2D eigenvalue weighted by Gasteiger charge is -2.03. The average Bonchev–Trinajstić information content (AvgIpc) is 2.56. The summed E-state index contributed by atoms with van der Waals surface area (Å²) in [5, 5.41) is 0. The number of carbonyl (C=O) groups excluding carboxylic acids is 2. The molecule has 0 radical (unpaired) electrons. The predicted octanol–water partition coefficient (Wildman–Crippen LogP) is 1.83. The van der Waals surface area contributed by atoms with Crippen LogP contribution in [0.25, 0.3) is 0 Å². The van der Waals surface area contributed by atoms with E-state index >= 15 is 0 Å². The Kier molecular flexibility index (Phi) is 2.54. The van der Waals surface area contributed by atoms with Gasteiger partial charge in [-0.05, 0) is 43.0 Å². The Balaban J connectivity index is 2.42. The van der Waals surface area contributed by atoms with Crippen LogP contribution < -0.4 is 0 Å². The Morgan fingerprint density at radius 2 is 1.94 bits per heavy atom. The molecule has 0 aliphatic heterocycles. The number of fused-ring (bicyclic) bond motifs is 1. The van der Waals surface area contributed by atoms with Crippen molar-refractivity contribution in [3.63, 3.8) is 0 Å². The number of ketones is 1. The summed E-state index contributed by atoms with van der Waals surface area (Å²) >= 11 is 0. The molecule has 1 aromatic carbocycles. The molecule has 0 N–H and O–H groups in total. The molecule has 0 heterocycles. The van der Waals surface area contributed by atoms with Crippen molar-refractivity contribution >= 4 is 11.8 Å². The lowest BCUT2D eigenvalue weighted by molar-refractivity contribution is -0.143. The number of hydrogen-bond acceptors (Lipinski definition) is 3. The van der Waals surface area contributed by atoms with Crippen LogP contribution in [0.2, 0.25) is 0 Å². The van der Waals surface area contributed by atoms with E-state index in [4.69, 9.17) is 0 Å². The highest BCUT2D eigenvalue weighted by atomic mass is 16.5. The van der Waals surface area contributed by atoms with Gasteiger partial charge < -0.3 is 4.74 Å². The molecule has 0 fully saturated rings. The van der Waals surface area contributed by atoms with Crippen LogP contribution in [0.5, 0.6) is 0 Å². The van der Waals surface area contributed by atoms with Gasteiger partial charge in [-0.25, -0.2) is 0 Å². The molecular weight excluding hydrogens is 204 g/mol. The molecule has 3 nitrogen and oxygen atoms in total. The van der Waals surface area contributed by atoms with Gasteiger partial charge in [0.2, 0.25) is 0 Å². The van der Waals surface area contributed by atoms with Crippen molar-refractivity contribution in [3.8, 4) is 0 Å². The zero-order chi connectivity index (χ0) is 11.9. The smallest absolute Gasteiger partial charge is 0.316 e. The summed E-state index contributed by atoms with van der Waals surface area (Å²) in [4.78, 5) is 23.4. The zero-order valence-electron chi connectivity index (χ0n) is 9.66. The molecule has 3 heteroatoms. The van der Waals surface area contributed by atoms with Crippen molar-refractivity contribution < 1.29 is 14.3 Å². The van der Waals surface area contributed by atoms with Crippen LogP contribution in [0.1, 0.15) is 27.0 Å². The largest absolute Gasteiger partial charge is 0.468 e. The molecule has 1 atom stereocenters. The fraction of sp³-hybridized carbons (Fsp3) is 0.385. The van der Waals surface area contributed by atoms with Crippen molar-refractivity contribution in [3.05, 3.63) is 34.4 Å². The summed E-state index contributed by atoms with van der Waals surface area (Å²) in [5.41, 5.74) is 3.87. The SMILES string of the molecule is COC(=O)C1Cc2cc(C)c(C)cc2C1=O. The minimum Gasteiger partial charge on any atom is -0.468 e. The molecule has 2 rings (SSSR count). The summed E-state index contributed by atoms with van der Waals surface area (Å²) in [6.45, 7) is 3.97. The van der Waals surface area contributed by atoms with Gasteiger partial charge >= 0.3 is 5.97 Å². The van der Waals surface area contributed by atoms with E-state index in [1.54, 1.807) is 0 Å². The number of hydrogen-bond donors (Lipinski definition) is 0. The van der Waals surface area contributed by atoms with E-state index in [1.807, 2.05) is 26.0 Å². The minimum atomic E-state index is -0.638. The average molecular weight is 218 g/mol. The Morgan fingerprint density at radius 1 is 1.31 bits per heavy atom. The van der Waals surface area contributed by atoms with E-state index in [0.717, 1.165) is 16.7 Å². The maximum atomic E-state index is 12.0. The fourth-order valence-electron chi connectivity index (χ4n) is 2.11. The highest BCUT2D eigenvalue weighted by Gasteiger charge is 2.36. The molecule has 0 saturated carbocycles. The summed E-state index contributed by atoms with van der Waals surface area (Å²) in [6.07, 6.45) is 0.474. The summed E-state index contributed by atoms with van der Waals surface area (Å²) in [7, 11) is 1.31. The first kappa shape index (κ1) is 10.9. The second-order valence-corrected chi connectivity index (χ2v) is 4.24. The van der Waals surface area contributed by atoms with E-state index in [2.05, 4.69) is 4.74 Å². The number of esters is 1. The highest BCUT2D eigenvalue weighted by Crippen LogP contribution is 2.29. The van der Waals surface area contributed by atoms with Crippen LogP contribution in [0.4, 0.5) is 0 Å². The second-order valence-electron chi connectivity index (χ2n) is 4.24.